The number of aryl methyl sites for hydroxylation is 1. The van der Waals surface area contributed by atoms with Crippen LogP contribution in [0, 0.1) is 11.3 Å². The van der Waals surface area contributed by atoms with Crippen LogP contribution in [0.5, 0.6) is 0 Å². The molecule has 0 amide bonds. The fourth-order valence-corrected chi connectivity index (χ4v) is 2.68. The van der Waals surface area contributed by atoms with Crippen LogP contribution in [0.2, 0.25) is 0 Å². The number of hydrogen-bond acceptors (Lipinski definition) is 6. The summed E-state index contributed by atoms with van der Waals surface area (Å²) in [7, 11) is 0. The normalized spacial score (nSPS) is 10.9. The average Bonchev–Trinajstić information content (AvgIpc) is 3.14. The van der Waals surface area contributed by atoms with Gasteiger partial charge in [-0.1, -0.05) is 43.3 Å². The van der Waals surface area contributed by atoms with E-state index in [2.05, 4.69) is 24.0 Å². The quantitative estimate of drug-likeness (QED) is 0.685. The van der Waals surface area contributed by atoms with E-state index in [1.54, 1.807) is 6.92 Å². The molecule has 0 aliphatic rings. The fraction of sp³-hybridized carbons (Fsp3) is 0.316. The molecule has 8 nitrogen and oxygen atoms in total. The summed E-state index contributed by atoms with van der Waals surface area (Å²) in [6.45, 7) is 6.12. The van der Waals surface area contributed by atoms with Gasteiger partial charge in [-0.25, -0.2) is 9.36 Å². The Bertz CT molecular complexity index is 1110. The summed E-state index contributed by atoms with van der Waals surface area (Å²) >= 11 is 0. The third-order valence-corrected chi connectivity index (χ3v) is 4.30. The Hall–Kier alpha value is -3.47. The van der Waals surface area contributed by atoms with Gasteiger partial charge in [-0.3, -0.25) is 9.36 Å². The van der Waals surface area contributed by atoms with E-state index in [0.29, 0.717) is 18.3 Å². The van der Waals surface area contributed by atoms with Crippen LogP contribution in [-0.2, 0) is 13.1 Å². The van der Waals surface area contributed by atoms with Gasteiger partial charge < -0.3 is 4.52 Å². The van der Waals surface area contributed by atoms with E-state index in [0.717, 1.165) is 10.1 Å². The van der Waals surface area contributed by atoms with Crippen molar-refractivity contribution in [1.82, 2.24) is 19.3 Å². The van der Waals surface area contributed by atoms with E-state index < -0.39 is 11.2 Å². The minimum absolute atomic E-state index is 0.111. The molecule has 0 saturated carbocycles. The molecule has 2 aromatic heterocycles. The van der Waals surface area contributed by atoms with Gasteiger partial charge in [0.2, 0.25) is 11.7 Å². The van der Waals surface area contributed by atoms with Crippen molar-refractivity contribution >= 4 is 0 Å². The Morgan fingerprint density at radius 2 is 1.93 bits per heavy atom. The highest BCUT2D eigenvalue weighted by molar-refractivity contribution is 5.54. The number of aromatic nitrogens is 4. The van der Waals surface area contributed by atoms with E-state index in [-0.39, 0.29) is 18.0 Å². The number of nitrogens with zero attached hydrogens (tertiary/aromatic N) is 5. The van der Waals surface area contributed by atoms with Crippen LogP contribution in [-0.4, -0.2) is 19.3 Å². The molecule has 27 heavy (non-hydrogen) atoms. The van der Waals surface area contributed by atoms with Crippen molar-refractivity contribution in [3.05, 3.63) is 68.3 Å². The van der Waals surface area contributed by atoms with Gasteiger partial charge in [-0.05, 0) is 18.4 Å². The third-order valence-electron chi connectivity index (χ3n) is 4.30. The number of rotatable bonds is 5. The SMILES string of the molecule is CCn1cc(C#N)c(=O)n(Cc2nc(-c3ccc(C(C)C)cc3)no2)c1=O. The summed E-state index contributed by atoms with van der Waals surface area (Å²) in [6, 6.07) is 9.60. The van der Waals surface area contributed by atoms with Crippen LogP contribution in [0.4, 0.5) is 0 Å². The van der Waals surface area contributed by atoms with Crippen molar-refractivity contribution in [2.75, 3.05) is 0 Å². The minimum Gasteiger partial charge on any atom is -0.337 e. The molecule has 138 valence electrons. The molecule has 8 heteroatoms. The first kappa shape index (κ1) is 18.3. The summed E-state index contributed by atoms with van der Waals surface area (Å²) < 4.78 is 7.43. The Kier molecular flexibility index (Phi) is 5.03. The smallest absolute Gasteiger partial charge is 0.331 e. The van der Waals surface area contributed by atoms with Crippen molar-refractivity contribution < 1.29 is 4.52 Å². The summed E-state index contributed by atoms with van der Waals surface area (Å²) in [5, 5.41) is 13.0. The first-order valence-electron chi connectivity index (χ1n) is 8.61. The molecule has 0 aliphatic carbocycles. The Morgan fingerprint density at radius 3 is 2.52 bits per heavy atom. The molecule has 0 bridgehead atoms. The highest BCUT2D eigenvalue weighted by atomic mass is 16.5. The van der Waals surface area contributed by atoms with E-state index in [9.17, 15) is 9.59 Å². The molecule has 0 aliphatic heterocycles. The molecule has 0 atom stereocenters. The molecule has 3 aromatic rings. The zero-order valence-electron chi connectivity index (χ0n) is 15.3. The first-order valence-corrected chi connectivity index (χ1v) is 8.61. The summed E-state index contributed by atoms with van der Waals surface area (Å²) in [5.74, 6) is 0.912. The molecular formula is C19H19N5O3. The Balaban J connectivity index is 1.94. The molecule has 0 unspecified atom stereocenters. The van der Waals surface area contributed by atoms with Crippen molar-refractivity contribution in [3.8, 4) is 17.5 Å². The van der Waals surface area contributed by atoms with Crippen molar-refractivity contribution in [1.29, 1.82) is 5.26 Å². The van der Waals surface area contributed by atoms with Gasteiger partial charge in [-0.15, -0.1) is 0 Å². The monoisotopic (exact) mass is 365 g/mol. The minimum atomic E-state index is -0.673. The third kappa shape index (κ3) is 3.58. The largest absolute Gasteiger partial charge is 0.337 e. The lowest BCUT2D eigenvalue weighted by molar-refractivity contribution is 0.365. The van der Waals surface area contributed by atoms with E-state index >= 15 is 0 Å². The maximum absolute atomic E-state index is 12.4. The first-order chi connectivity index (χ1) is 12.9. The van der Waals surface area contributed by atoms with Gasteiger partial charge in [0.05, 0.1) is 0 Å². The van der Waals surface area contributed by atoms with Crippen molar-refractivity contribution in [3.63, 3.8) is 0 Å². The lowest BCUT2D eigenvalue weighted by Gasteiger charge is -2.07. The molecule has 2 heterocycles. The second-order valence-electron chi connectivity index (χ2n) is 6.40. The maximum Gasteiger partial charge on any atom is 0.331 e. The van der Waals surface area contributed by atoms with Crippen LogP contribution in [0.3, 0.4) is 0 Å². The van der Waals surface area contributed by atoms with Crippen LogP contribution < -0.4 is 11.2 Å². The lowest BCUT2D eigenvalue weighted by atomic mass is 10.0. The topological polar surface area (TPSA) is 107 Å². The molecule has 3 rings (SSSR count). The summed E-state index contributed by atoms with van der Waals surface area (Å²) in [6.07, 6.45) is 1.26. The molecule has 0 spiro atoms. The van der Waals surface area contributed by atoms with Gasteiger partial charge in [0, 0.05) is 18.3 Å². The molecule has 1 aromatic carbocycles. The molecule has 0 fully saturated rings. The van der Waals surface area contributed by atoms with Gasteiger partial charge in [0.25, 0.3) is 5.56 Å². The van der Waals surface area contributed by atoms with Gasteiger partial charge >= 0.3 is 5.69 Å². The molecule has 0 saturated heterocycles. The predicted molar refractivity (Wildman–Crippen MR) is 98.3 cm³/mol. The predicted octanol–water partition coefficient (Wildman–Crippen LogP) is 2.12. The van der Waals surface area contributed by atoms with Crippen LogP contribution >= 0.6 is 0 Å². The lowest BCUT2D eigenvalue weighted by Crippen LogP contribution is -2.41. The van der Waals surface area contributed by atoms with Gasteiger partial charge in [0.1, 0.15) is 18.2 Å². The van der Waals surface area contributed by atoms with Gasteiger partial charge in [0.15, 0.2) is 0 Å². The summed E-state index contributed by atoms with van der Waals surface area (Å²) in [4.78, 5) is 29.0. The second-order valence-corrected chi connectivity index (χ2v) is 6.40. The number of hydrogen-bond donors (Lipinski definition) is 0. The van der Waals surface area contributed by atoms with E-state index in [4.69, 9.17) is 9.78 Å². The van der Waals surface area contributed by atoms with Crippen LogP contribution in [0.1, 0.15) is 43.7 Å². The molecular weight excluding hydrogens is 346 g/mol. The zero-order valence-corrected chi connectivity index (χ0v) is 15.3. The maximum atomic E-state index is 12.4. The van der Waals surface area contributed by atoms with Crippen molar-refractivity contribution in [2.45, 2.75) is 39.8 Å². The average molecular weight is 365 g/mol. The fourth-order valence-electron chi connectivity index (χ4n) is 2.68. The summed E-state index contributed by atoms with van der Waals surface area (Å²) in [5.41, 5.74) is 0.664. The Morgan fingerprint density at radius 1 is 1.22 bits per heavy atom. The van der Waals surface area contributed by atoms with Gasteiger partial charge in [-0.2, -0.15) is 10.2 Å². The second kappa shape index (κ2) is 7.41. The number of benzene rings is 1. The van der Waals surface area contributed by atoms with Crippen LogP contribution in [0.15, 0.2) is 44.6 Å². The standard InChI is InChI=1S/C19H19N5O3/c1-4-23-10-15(9-20)18(25)24(19(23)26)11-16-21-17(22-27-16)14-7-5-13(6-8-14)12(2)3/h5-8,10,12H,4,11H2,1-3H3. The van der Waals surface area contributed by atoms with Crippen molar-refractivity contribution in [2.24, 2.45) is 0 Å². The molecule has 0 N–H and O–H groups in total. The van der Waals surface area contributed by atoms with E-state index in [1.807, 2.05) is 30.3 Å². The Labute approximate surface area is 155 Å². The molecule has 0 radical (unpaired) electrons. The zero-order chi connectivity index (χ0) is 19.6. The van der Waals surface area contributed by atoms with E-state index in [1.165, 1.54) is 16.3 Å². The van der Waals surface area contributed by atoms with Crippen LogP contribution in [0.25, 0.3) is 11.4 Å². The number of nitriles is 1. The highest BCUT2D eigenvalue weighted by Crippen LogP contribution is 2.20. The highest BCUT2D eigenvalue weighted by Gasteiger charge is 2.15.